The first-order chi connectivity index (χ1) is 5.20. The number of rotatable bonds is 1. The van der Waals surface area contributed by atoms with Crippen molar-refractivity contribution < 1.29 is 4.39 Å². The molecule has 2 rings (SSSR count). The predicted molar refractivity (Wildman–Crippen MR) is 44.4 cm³/mol. The molecule has 0 bridgehead atoms. The minimum Gasteiger partial charge on any atom is -0.261 e. The van der Waals surface area contributed by atoms with Gasteiger partial charge in [0, 0.05) is 24.2 Å². The van der Waals surface area contributed by atoms with Crippen LogP contribution in [-0.4, -0.2) is 9.56 Å². The van der Waals surface area contributed by atoms with E-state index < -0.39 is 4.58 Å². The van der Waals surface area contributed by atoms with E-state index in [1.54, 1.807) is 6.20 Å². The third-order valence-corrected chi connectivity index (χ3v) is 2.75. The van der Waals surface area contributed by atoms with E-state index in [1.165, 1.54) is 0 Å². The highest BCUT2D eigenvalue weighted by Crippen LogP contribution is 2.58. The van der Waals surface area contributed by atoms with Crippen LogP contribution in [0.2, 0.25) is 0 Å². The summed E-state index contributed by atoms with van der Waals surface area (Å²) >= 11 is 2.98. The summed E-state index contributed by atoms with van der Waals surface area (Å²) in [6.45, 7) is 0. The van der Waals surface area contributed by atoms with Gasteiger partial charge in [0.15, 0.2) is 4.58 Å². The molecular weight excluding hydrogens is 209 g/mol. The molecule has 2 atom stereocenters. The van der Waals surface area contributed by atoms with Gasteiger partial charge in [-0.2, -0.15) is 0 Å². The summed E-state index contributed by atoms with van der Waals surface area (Å²) in [4.78, 5) is 4.07. The van der Waals surface area contributed by atoms with Gasteiger partial charge in [0.2, 0.25) is 0 Å². The van der Waals surface area contributed by atoms with Gasteiger partial charge in [-0.3, -0.25) is 4.98 Å². The molecule has 0 N–H and O–H groups in total. The van der Waals surface area contributed by atoms with Crippen LogP contribution in [-0.2, 0) is 0 Å². The summed E-state index contributed by atoms with van der Waals surface area (Å²) in [5.74, 6) is -0.0382. The first kappa shape index (κ1) is 7.22. The Morgan fingerprint density at radius 2 is 2.36 bits per heavy atom. The minimum absolute atomic E-state index is 0.0382. The molecule has 1 aromatic heterocycles. The zero-order chi connectivity index (χ0) is 7.90. The molecule has 0 radical (unpaired) electrons. The number of pyridine rings is 1. The third-order valence-electron chi connectivity index (χ3n) is 1.87. The Bertz CT molecular complexity index is 260. The number of nitrogens with zero attached hydrogens (tertiary/aromatic N) is 1. The minimum atomic E-state index is -1.18. The maximum atomic E-state index is 13.0. The molecule has 3 heteroatoms. The molecular formula is C8H7BrFN. The number of hydrogen-bond donors (Lipinski definition) is 0. The molecule has 11 heavy (non-hydrogen) atoms. The fourth-order valence-corrected chi connectivity index (χ4v) is 1.67. The quantitative estimate of drug-likeness (QED) is 0.657. The second-order valence-electron chi connectivity index (χ2n) is 2.77. The second kappa shape index (κ2) is 2.27. The third kappa shape index (κ3) is 1.29. The summed E-state index contributed by atoms with van der Waals surface area (Å²) in [6.07, 6.45) is 2.24. The smallest absolute Gasteiger partial charge is 0.174 e. The Kier molecular flexibility index (Phi) is 1.49. The highest BCUT2D eigenvalue weighted by Gasteiger charge is 2.55. The van der Waals surface area contributed by atoms with E-state index in [4.69, 9.17) is 0 Å². The van der Waals surface area contributed by atoms with Crippen LogP contribution in [0.3, 0.4) is 0 Å². The molecule has 58 valence electrons. The highest BCUT2D eigenvalue weighted by atomic mass is 79.9. The largest absolute Gasteiger partial charge is 0.261 e. The molecule has 1 fully saturated rings. The molecule has 0 saturated heterocycles. The van der Waals surface area contributed by atoms with Crippen molar-refractivity contribution in [2.75, 3.05) is 0 Å². The van der Waals surface area contributed by atoms with Gasteiger partial charge in [-0.05, 0) is 28.1 Å². The Balaban J connectivity index is 2.21. The maximum Gasteiger partial charge on any atom is 0.174 e. The van der Waals surface area contributed by atoms with Gasteiger partial charge in [-0.15, -0.1) is 0 Å². The van der Waals surface area contributed by atoms with Gasteiger partial charge in [0.05, 0.1) is 0 Å². The van der Waals surface area contributed by atoms with Crippen LogP contribution >= 0.6 is 15.9 Å². The zero-order valence-electron chi connectivity index (χ0n) is 5.80. The summed E-state index contributed by atoms with van der Waals surface area (Å²) < 4.78 is 11.8. The molecule has 1 aliphatic carbocycles. The lowest BCUT2D eigenvalue weighted by molar-refractivity contribution is 0.434. The normalized spacial score (nSPS) is 35.3. The van der Waals surface area contributed by atoms with Gasteiger partial charge in [-0.1, -0.05) is 6.07 Å². The van der Waals surface area contributed by atoms with E-state index in [1.807, 2.05) is 18.2 Å². The van der Waals surface area contributed by atoms with Crippen molar-refractivity contribution in [3.63, 3.8) is 0 Å². The second-order valence-corrected chi connectivity index (χ2v) is 4.09. The standard InChI is InChI=1S/C8H7BrFN/c9-8(10)5-6(8)7-3-1-2-4-11-7/h1-4,6H,5H2. The van der Waals surface area contributed by atoms with E-state index >= 15 is 0 Å². The van der Waals surface area contributed by atoms with Crippen molar-refractivity contribution in [1.29, 1.82) is 0 Å². The highest BCUT2D eigenvalue weighted by molar-refractivity contribution is 9.10. The molecule has 0 amide bonds. The van der Waals surface area contributed by atoms with Crippen molar-refractivity contribution in [2.45, 2.75) is 16.9 Å². The summed E-state index contributed by atoms with van der Waals surface area (Å²) in [5.41, 5.74) is 0.840. The van der Waals surface area contributed by atoms with Crippen LogP contribution in [0.1, 0.15) is 18.0 Å². The topological polar surface area (TPSA) is 12.9 Å². The summed E-state index contributed by atoms with van der Waals surface area (Å²) in [7, 11) is 0. The van der Waals surface area contributed by atoms with Gasteiger partial charge < -0.3 is 0 Å². The molecule has 1 aromatic rings. The van der Waals surface area contributed by atoms with Crippen LogP contribution in [0.15, 0.2) is 24.4 Å². The fraction of sp³-hybridized carbons (Fsp3) is 0.375. The van der Waals surface area contributed by atoms with Crippen molar-refractivity contribution in [2.24, 2.45) is 0 Å². The van der Waals surface area contributed by atoms with E-state index in [9.17, 15) is 4.39 Å². The Labute approximate surface area is 72.8 Å². The van der Waals surface area contributed by atoms with Crippen LogP contribution in [0, 0.1) is 0 Å². The Morgan fingerprint density at radius 1 is 1.64 bits per heavy atom. The van der Waals surface area contributed by atoms with Gasteiger partial charge in [-0.25, -0.2) is 4.39 Å². The first-order valence-electron chi connectivity index (χ1n) is 3.49. The van der Waals surface area contributed by atoms with Crippen LogP contribution in [0.5, 0.6) is 0 Å². The van der Waals surface area contributed by atoms with Gasteiger partial charge in [0.1, 0.15) is 0 Å². The molecule has 2 unspecified atom stereocenters. The van der Waals surface area contributed by atoms with Crippen molar-refractivity contribution >= 4 is 15.9 Å². The monoisotopic (exact) mass is 215 g/mol. The van der Waals surface area contributed by atoms with Crippen LogP contribution in [0.4, 0.5) is 4.39 Å². The molecule has 0 spiro atoms. The summed E-state index contributed by atoms with van der Waals surface area (Å²) in [6, 6.07) is 5.57. The maximum absolute atomic E-state index is 13.0. The number of alkyl halides is 2. The molecule has 1 saturated carbocycles. The van der Waals surface area contributed by atoms with Crippen molar-refractivity contribution in [3.8, 4) is 0 Å². The van der Waals surface area contributed by atoms with Crippen LogP contribution < -0.4 is 0 Å². The fourth-order valence-electron chi connectivity index (χ4n) is 1.12. The molecule has 1 nitrogen and oxygen atoms in total. The lowest BCUT2D eigenvalue weighted by atomic mass is 10.2. The molecule has 1 heterocycles. The molecule has 1 aliphatic rings. The van der Waals surface area contributed by atoms with E-state index in [0.29, 0.717) is 6.42 Å². The average molecular weight is 216 g/mol. The number of halogens is 2. The van der Waals surface area contributed by atoms with Crippen molar-refractivity contribution in [1.82, 2.24) is 4.98 Å². The Hall–Kier alpha value is -0.440. The first-order valence-corrected chi connectivity index (χ1v) is 4.28. The molecule has 0 aromatic carbocycles. The average Bonchev–Trinajstić information content (AvgIpc) is 2.62. The predicted octanol–water partition coefficient (Wildman–Crippen LogP) is 2.63. The summed E-state index contributed by atoms with van der Waals surface area (Å²) in [5, 5.41) is 0. The Morgan fingerprint density at radius 3 is 2.82 bits per heavy atom. The zero-order valence-corrected chi connectivity index (χ0v) is 7.38. The lowest BCUT2D eigenvalue weighted by Gasteiger charge is -1.96. The van der Waals surface area contributed by atoms with E-state index in [2.05, 4.69) is 20.9 Å². The van der Waals surface area contributed by atoms with Crippen LogP contribution in [0.25, 0.3) is 0 Å². The van der Waals surface area contributed by atoms with Crippen molar-refractivity contribution in [3.05, 3.63) is 30.1 Å². The lowest BCUT2D eigenvalue weighted by Crippen LogP contribution is -1.92. The number of aromatic nitrogens is 1. The molecule has 0 aliphatic heterocycles. The van der Waals surface area contributed by atoms with Gasteiger partial charge in [0.25, 0.3) is 0 Å². The van der Waals surface area contributed by atoms with E-state index in [-0.39, 0.29) is 5.92 Å². The van der Waals surface area contributed by atoms with Gasteiger partial charge >= 0.3 is 0 Å². The SMILES string of the molecule is FC1(Br)CC1c1ccccn1. The number of hydrogen-bond acceptors (Lipinski definition) is 1. The van der Waals surface area contributed by atoms with E-state index in [0.717, 1.165) is 5.69 Å².